The maximum Gasteiger partial charge on any atom is 0.259 e. The Labute approximate surface area is 110 Å². The molecule has 7 heteroatoms. The largest absolute Gasteiger partial charge is 0.507 e. The summed E-state index contributed by atoms with van der Waals surface area (Å²) in [6.07, 6.45) is 1.24. The normalized spacial score (nSPS) is 16.6. The highest BCUT2D eigenvalue weighted by molar-refractivity contribution is 5.96. The van der Waals surface area contributed by atoms with Crippen molar-refractivity contribution >= 4 is 5.91 Å². The number of carbonyl (C=O) groups excluding carboxylic acids is 1. The molecule has 3 N–H and O–H groups in total. The fourth-order valence-corrected chi connectivity index (χ4v) is 2.12. The summed E-state index contributed by atoms with van der Waals surface area (Å²) in [5.41, 5.74) is -0.336. The molecule has 0 radical (unpaired) electrons. The van der Waals surface area contributed by atoms with Crippen LogP contribution in [0.1, 0.15) is 10.4 Å². The molecule has 19 heavy (non-hydrogen) atoms. The molecule has 2 rings (SSSR count). The second kappa shape index (κ2) is 5.85. The summed E-state index contributed by atoms with van der Waals surface area (Å²) in [7, 11) is 0. The Morgan fingerprint density at radius 1 is 1.32 bits per heavy atom. The zero-order valence-electron chi connectivity index (χ0n) is 10.5. The number of aliphatic hydroxyl groups excluding tert-OH is 1. The van der Waals surface area contributed by atoms with Gasteiger partial charge in [-0.3, -0.25) is 14.5 Å². The highest BCUT2D eigenvalue weighted by Crippen LogP contribution is 2.16. The van der Waals surface area contributed by atoms with Gasteiger partial charge in [-0.15, -0.1) is 0 Å². The number of nitrogens with zero attached hydrogens (tertiary/aromatic N) is 2. The molecule has 1 aliphatic rings. The molecule has 1 aliphatic heterocycles. The van der Waals surface area contributed by atoms with Crippen LogP contribution in [-0.4, -0.2) is 70.2 Å². The number of hydrogen-bond donors (Lipinski definition) is 3. The number of H-pyrrole nitrogens is 1. The topological polar surface area (TPSA) is 96.9 Å². The molecule has 0 aromatic carbocycles. The van der Waals surface area contributed by atoms with Crippen LogP contribution in [0.4, 0.5) is 0 Å². The lowest BCUT2D eigenvalue weighted by molar-refractivity contribution is 0.0612. The van der Waals surface area contributed by atoms with Crippen LogP contribution >= 0.6 is 0 Å². The van der Waals surface area contributed by atoms with Crippen LogP contribution in [0.5, 0.6) is 5.75 Å². The van der Waals surface area contributed by atoms with Crippen molar-refractivity contribution < 1.29 is 15.0 Å². The smallest absolute Gasteiger partial charge is 0.259 e. The number of pyridine rings is 1. The Balaban J connectivity index is 2.03. The van der Waals surface area contributed by atoms with Gasteiger partial charge < -0.3 is 20.1 Å². The van der Waals surface area contributed by atoms with E-state index in [9.17, 15) is 14.7 Å². The van der Waals surface area contributed by atoms with E-state index in [2.05, 4.69) is 9.88 Å². The van der Waals surface area contributed by atoms with Gasteiger partial charge in [-0.25, -0.2) is 0 Å². The van der Waals surface area contributed by atoms with E-state index in [0.717, 1.165) is 6.07 Å². The molecule has 0 unspecified atom stereocenters. The van der Waals surface area contributed by atoms with Gasteiger partial charge in [0, 0.05) is 45.0 Å². The Kier molecular flexibility index (Phi) is 4.18. The van der Waals surface area contributed by atoms with Crippen molar-refractivity contribution in [2.75, 3.05) is 39.3 Å². The van der Waals surface area contributed by atoms with Gasteiger partial charge in [-0.05, 0) is 0 Å². The van der Waals surface area contributed by atoms with Crippen LogP contribution in [0.15, 0.2) is 17.1 Å². The Morgan fingerprint density at radius 3 is 2.58 bits per heavy atom. The fourth-order valence-electron chi connectivity index (χ4n) is 2.12. The van der Waals surface area contributed by atoms with Crippen molar-refractivity contribution in [3.8, 4) is 5.75 Å². The van der Waals surface area contributed by atoms with Crippen molar-refractivity contribution in [3.05, 3.63) is 28.2 Å². The number of piperazine rings is 1. The van der Waals surface area contributed by atoms with E-state index < -0.39 is 5.56 Å². The first kappa shape index (κ1) is 13.6. The van der Waals surface area contributed by atoms with Crippen molar-refractivity contribution in [3.63, 3.8) is 0 Å². The molecule has 1 saturated heterocycles. The number of carbonyl (C=O) groups is 1. The third-order valence-corrected chi connectivity index (χ3v) is 3.21. The highest BCUT2D eigenvalue weighted by Gasteiger charge is 2.23. The summed E-state index contributed by atoms with van der Waals surface area (Å²) in [5, 5.41) is 18.5. The number of aromatic nitrogens is 1. The minimum Gasteiger partial charge on any atom is -0.507 e. The molecule has 1 fully saturated rings. The Bertz CT molecular complexity index is 506. The highest BCUT2D eigenvalue weighted by atomic mass is 16.3. The molecular weight excluding hydrogens is 250 g/mol. The maximum absolute atomic E-state index is 12.2. The van der Waals surface area contributed by atoms with E-state index in [0.29, 0.717) is 32.7 Å². The van der Waals surface area contributed by atoms with Gasteiger partial charge in [0.1, 0.15) is 5.75 Å². The van der Waals surface area contributed by atoms with Crippen molar-refractivity contribution in [2.45, 2.75) is 0 Å². The number of aliphatic hydroxyl groups is 1. The predicted octanol–water partition coefficient (Wildman–Crippen LogP) is -1.17. The number of hydrogen-bond acceptors (Lipinski definition) is 5. The maximum atomic E-state index is 12.2. The number of aromatic amines is 1. The fraction of sp³-hybridized carbons (Fsp3) is 0.500. The lowest BCUT2D eigenvalue weighted by Crippen LogP contribution is -2.49. The van der Waals surface area contributed by atoms with Gasteiger partial charge >= 0.3 is 0 Å². The first-order valence-corrected chi connectivity index (χ1v) is 6.16. The van der Waals surface area contributed by atoms with Crippen LogP contribution in [0.2, 0.25) is 0 Å². The summed E-state index contributed by atoms with van der Waals surface area (Å²) in [6, 6.07) is 0.995. The van der Waals surface area contributed by atoms with Gasteiger partial charge in [0.15, 0.2) is 0 Å². The third-order valence-electron chi connectivity index (χ3n) is 3.21. The first-order chi connectivity index (χ1) is 9.11. The summed E-state index contributed by atoms with van der Waals surface area (Å²) in [5.74, 6) is -0.594. The summed E-state index contributed by atoms with van der Waals surface area (Å²) >= 11 is 0. The zero-order chi connectivity index (χ0) is 13.8. The third kappa shape index (κ3) is 3.12. The van der Waals surface area contributed by atoms with Crippen molar-refractivity contribution in [1.82, 2.24) is 14.8 Å². The van der Waals surface area contributed by atoms with Gasteiger partial charge in [0.25, 0.3) is 11.5 Å². The van der Waals surface area contributed by atoms with Crippen LogP contribution in [-0.2, 0) is 0 Å². The molecule has 1 aromatic heterocycles. The molecule has 7 nitrogen and oxygen atoms in total. The van der Waals surface area contributed by atoms with Gasteiger partial charge in [0.2, 0.25) is 0 Å². The molecule has 0 atom stereocenters. The molecule has 1 aromatic rings. The van der Waals surface area contributed by atoms with Crippen LogP contribution in [0.3, 0.4) is 0 Å². The second-order valence-electron chi connectivity index (χ2n) is 4.45. The van der Waals surface area contributed by atoms with Gasteiger partial charge in [0.05, 0.1) is 12.2 Å². The lowest BCUT2D eigenvalue weighted by atomic mass is 10.2. The van der Waals surface area contributed by atoms with Crippen LogP contribution in [0, 0.1) is 0 Å². The number of aromatic hydroxyl groups is 1. The van der Waals surface area contributed by atoms with Gasteiger partial charge in [-0.2, -0.15) is 0 Å². The minimum atomic E-state index is -0.443. The molecule has 0 saturated carbocycles. The van der Waals surface area contributed by atoms with E-state index in [-0.39, 0.29) is 23.8 Å². The first-order valence-electron chi connectivity index (χ1n) is 6.16. The number of nitrogens with one attached hydrogen (secondary N) is 1. The van der Waals surface area contributed by atoms with Crippen molar-refractivity contribution in [1.29, 1.82) is 0 Å². The zero-order valence-corrected chi connectivity index (χ0v) is 10.5. The van der Waals surface area contributed by atoms with E-state index >= 15 is 0 Å². The van der Waals surface area contributed by atoms with Crippen LogP contribution in [0.25, 0.3) is 0 Å². The molecule has 2 heterocycles. The summed E-state index contributed by atoms with van der Waals surface area (Å²) < 4.78 is 0. The SMILES string of the molecule is O=C(c1c[nH]c(=O)cc1O)N1CCN(CCO)CC1. The molecule has 1 amide bonds. The predicted molar refractivity (Wildman–Crippen MR) is 68.2 cm³/mol. The molecule has 0 aliphatic carbocycles. The molecule has 0 bridgehead atoms. The average molecular weight is 267 g/mol. The van der Waals surface area contributed by atoms with E-state index in [1.165, 1.54) is 6.20 Å². The molecular formula is C12H17N3O4. The minimum absolute atomic E-state index is 0.106. The standard InChI is InChI=1S/C12H17N3O4/c16-6-5-14-1-3-15(4-2-14)12(19)9-8-13-11(18)7-10(9)17/h7-8,16H,1-6H2,(H2,13,17,18). The lowest BCUT2D eigenvalue weighted by Gasteiger charge is -2.34. The molecule has 104 valence electrons. The van der Waals surface area contributed by atoms with E-state index in [1.807, 2.05) is 0 Å². The Hall–Kier alpha value is -1.86. The van der Waals surface area contributed by atoms with Gasteiger partial charge in [-0.1, -0.05) is 0 Å². The average Bonchev–Trinajstić information content (AvgIpc) is 2.39. The molecule has 0 spiro atoms. The monoisotopic (exact) mass is 267 g/mol. The summed E-state index contributed by atoms with van der Waals surface area (Å²) in [4.78, 5) is 29.2. The van der Waals surface area contributed by atoms with E-state index in [1.54, 1.807) is 4.90 Å². The Morgan fingerprint density at radius 2 is 2.00 bits per heavy atom. The number of amides is 1. The van der Waals surface area contributed by atoms with E-state index in [4.69, 9.17) is 5.11 Å². The number of β-amino-alcohol motifs (C(OH)–C–C–N with tert-alkyl or cyclic N) is 1. The second-order valence-corrected chi connectivity index (χ2v) is 4.45. The number of rotatable bonds is 3. The van der Waals surface area contributed by atoms with Crippen molar-refractivity contribution in [2.24, 2.45) is 0 Å². The van der Waals surface area contributed by atoms with Crippen LogP contribution < -0.4 is 5.56 Å². The summed E-state index contributed by atoms with van der Waals surface area (Å²) in [6.45, 7) is 3.17. The quantitative estimate of drug-likeness (QED) is 0.641.